The highest BCUT2D eigenvalue weighted by Gasteiger charge is 2.32. The van der Waals surface area contributed by atoms with Crippen molar-refractivity contribution < 1.29 is 24.2 Å². The molecule has 2 aromatic carbocycles. The van der Waals surface area contributed by atoms with Gasteiger partial charge in [-0.1, -0.05) is 42.1 Å². The lowest BCUT2D eigenvalue weighted by Gasteiger charge is -2.11. The molecule has 1 unspecified atom stereocenters. The van der Waals surface area contributed by atoms with E-state index in [4.69, 9.17) is 14.6 Å². The van der Waals surface area contributed by atoms with Crippen molar-refractivity contribution in [3.8, 4) is 11.5 Å². The number of carboxylic acid groups (broad SMARTS) is 1. The number of hydrogen-bond acceptors (Lipinski definition) is 7. The van der Waals surface area contributed by atoms with Crippen LogP contribution in [-0.4, -0.2) is 40.7 Å². The molecule has 0 bridgehead atoms. The molecule has 0 radical (unpaired) electrons. The van der Waals surface area contributed by atoms with Gasteiger partial charge < -0.3 is 19.9 Å². The van der Waals surface area contributed by atoms with Crippen LogP contribution in [0.15, 0.2) is 58.7 Å². The maximum atomic E-state index is 11.7. The number of carbonyl (C=O) groups is 2. The second-order valence-corrected chi connectivity index (χ2v) is 7.22. The first-order valence-electron chi connectivity index (χ1n) is 8.70. The van der Waals surface area contributed by atoms with Gasteiger partial charge in [0, 0.05) is 0 Å². The molecular formula is C20H19N3O5S. The van der Waals surface area contributed by atoms with Crippen LogP contribution in [0.4, 0.5) is 0 Å². The van der Waals surface area contributed by atoms with Gasteiger partial charge in [-0.2, -0.15) is 5.10 Å². The molecule has 1 fully saturated rings. The molecule has 150 valence electrons. The first kappa shape index (κ1) is 20.4. The zero-order valence-corrected chi connectivity index (χ0v) is 16.4. The number of nitrogens with one attached hydrogen (secondary N) is 1. The van der Waals surface area contributed by atoms with E-state index in [0.29, 0.717) is 18.1 Å². The van der Waals surface area contributed by atoms with Crippen molar-refractivity contribution >= 4 is 35.0 Å². The third-order valence-electron chi connectivity index (χ3n) is 3.92. The van der Waals surface area contributed by atoms with Crippen molar-refractivity contribution in [2.45, 2.75) is 18.3 Å². The topological polar surface area (TPSA) is 110 Å². The molecule has 2 aromatic rings. The summed E-state index contributed by atoms with van der Waals surface area (Å²) in [5, 5.41) is 18.8. The van der Waals surface area contributed by atoms with Crippen LogP contribution < -0.4 is 14.8 Å². The van der Waals surface area contributed by atoms with E-state index in [-0.39, 0.29) is 17.5 Å². The highest BCUT2D eigenvalue weighted by atomic mass is 32.2. The number of methoxy groups -OCH3 is 1. The minimum Gasteiger partial charge on any atom is -0.493 e. The van der Waals surface area contributed by atoms with Crippen molar-refractivity contribution in [1.29, 1.82) is 0 Å². The molecule has 1 aliphatic rings. The van der Waals surface area contributed by atoms with Crippen molar-refractivity contribution in [2.24, 2.45) is 10.2 Å². The zero-order chi connectivity index (χ0) is 20.6. The van der Waals surface area contributed by atoms with Gasteiger partial charge in [-0.3, -0.25) is 9.59 Å². The lowest BCUT2D eigenvalue weighted by Crippen LogP contribution is -2.26. The lowest BCUT2D eigenvalue weighted by molar-refractivity contribution is -0.138. The first-order valence-corrected chi connectivity index (χ1v) is 9.58. The summed E-state index contributed by atoms with van der Waals surface area (Å²) in [7, 11) is 1.57. The van der Waals surface area contributed by atoms with Crippen LogP contribution in [0.1, 0.15) is 17.5 Å². The van der Waals surface area contributed by atoms with E-state index >= 15 is 0 Å². The number of amidine groups is 1. The molecule has 8 nitrogen and oxygen atoms in total. The van der Waals surface area contributed by atoms with Gasteiger partial charge in [-0.15, -0.1) is 5.10 Å². The monoisotopic (exact) mass is 413 g/mol. The third kappa shape index (κ3) is 5.82. The molecule has 9 heteroatoms. The molecule has 0 aromatic heterocycles. The van der Waals surface area contributed by atoms with Crippen molar-refractivity contribution in [2.75, 3.05) is 7.11 Å². The van der Waals surface area contributed by atoms with Crippen LogP contribution in [0.2, 0.25) is 0 Å². The minimum atomic E-state index is -1.04. The second-order valence-electron chi connectivity index (χ2n) is 6.03. The van der Waals surface area contributed by atoms with E-state index < -0.39 is 11.2 Å². The largest absolute Gasteiger partial charge is 0.493 e. The van der Waals surface area contributed by atoms with Gasteiger partial charge in [0.2, 0.25) is 5.91 Å². The molecule has 1 atom stereocenters. The van der Waals surface area contributed by atoms with Gasteiger partial charge in [0.05, 0.1) is 19.7 Å². The highest BCUT2D eigenvalue weighted by molar-refractivity contribution is 8.15. The van der Waals surface area contributed by atoms with E-state index in [1.54, 1.807) is 25.3 Å². The number of rotatable bonds is 8. The molecule has 0 saturated carbocycles. The maximum absolute atomic E-state index is 11.7. The van der Waals surface area contributed by atoms with Crippen molar-refractivity contribution in [3.05, 3.63) is 59.7 Å². The molecule has 1 amide bonds. The average Bonchev–Trinajstić information content (AvgIpc) is 3.05. The number of ether oxygens (including phenoxy) is 2. The lowest BCUT2D eigenvalue weighted by atomic mass is 10.2. The quantitative estimate of drug-likeness (QED) is 0.509. The Kier molecular flexibility index (Phi) is 6.85. The summed E-state index contributed by atoms with van der Waals surface area (Å²) in [5.74, 6) is -0.256. The fourth-order valence-corrected chi connectivity index (χ4v) is 3.43. The molecule has 2 N–H and O–H groups in total. The van der Waals surface area contributed by atoms with Crippen molar-refractivity contribution in [3.63, 3.8) is 0 Å². The number of carboxylic acids is 1. The Morgan fingerprint density at radius 2 is 2.03 bits per heavy atom. The fraction of sp³-hybridized carbons (Fsp3) is 0.200. The van der Waals surface area contributed by atoms with Crippen LogP contribution >= 0.6 is 11.8 Å². The highest BCUT2D eigenvalue weighted by Crippen LogP contribution is 2.28. The van der Waals surface area contributed by atoms with E-state index in [0.717, 1.165) is 22.9 Å². The predicted octanol–water partition coefficient (Wildman–Crippen LogP) is 2.67. The van der Waals surface area contributed by atoms with E-state index in [1.807, 2.05) is 30.3 Å². The van der Waals surface area contributed by atoms with Gasteiger partial charge >= 0.3 is 5.97 Å². The van der Waals surface area contributed by atoms with Crippen molar-refractivity contribution in [1.82, 2.24) is 5.32 Å². The van der Waals surface area contributed by atoms with Gasteiger partial charge in [-0.05, 0) is 29.3 Å². The van der Waals surface area contributed by atoms with E-state index in [9.17, 15) is 9.59 Å². The van der Waals surface area contributed by atoms with E-state index in [1.165, 1.54) is 6.21 Å². The predicted molar refractivity (Wildman–Crippen MR) is 111 cm³/mol. The van der Waals surface area contributed by atoms with Gasteiger partial charge in [-0.25, -0.2) is 0 Å². The number of aliphatic carboxylic acids is 1. The van der Waals surface area contributed by atoms with Gasteiger partial charge in [0.1, 0.15) is 11.9 Å². The maximum Gasteiger partial charge on any atom is 0.305 e. The van der Waals surface area contributed by atoms with Gasteiger partial charge in [0.25, 0.3) is 0 Å². The molecule has 3 rings (SSSR count). The summed E-state index contributed by atoms with van der Waals surface area (Å²) in [5.41, 5.74) is 1.76. The summed E-state index contributed by atoms with van der Waals surface area (Å²) in [6, 6.07) is 15.1. The molecule has 1 heterocycles. The zero-order valence-electron chi connectivity index (χ0n) is 15.6. The Balaban J connectivity index is 1.66. The Hall–Kier alpha value is -3.33. The van der Waals surface area contributed by atoms with Crippen LogP contribution in [-0.2, 0) is 16.2 Å². The first-order chi connectivity index (χ1) is 14.0. The number of nitrogens with zero attached hydrogens (tertiary/aromatic N) is 2. The Morgan fingerprint density at radius 3 is 2.76 bits per heavy atom. The molecule has 0 aliphatic carbocycles. The number of carbonyl (C=O) groups excluding carboxylic acids is 1. The normalized spacial score (nSPS) is 17.5. The smallest absolute Gasteiger partial charge is 0.305 e. The summed E-state index contributed by atoms with van der Waals surface area (Å²) in [4.78, 5) is 22.4. The summed E-state index contributed by atoms with van der Waals surface area (Å²) in [6.45, 7) is 0.397. The summed E-state index contributed by atoms with van der Waals surface area (Å²) in [6.07, 6.45) is 1.25. The Labute approximate surface area is 171 Å². The number of benzene rings is 2. The Morgan fingerprint density at radius 1 is 1.24 bits per heavy atom. The standard InChI is InChI=1S/C20H19N3O5S/c1-27-15-8-7-14(9-16(15)28-12-13-5-3-2-4-6-13)11-21-23-20-22-19(26)17(29-20)10-18(24)25/h2-9,11,17H,10,12H2,1H3,(H,24,25)(H,22,23,26). The van der Waals surface area contributed by atoms with Crippen LogP contribution in [0.5, 0.6) is 11.5 Å². The summed E-state index contributed by atoms with van der Waals surface area (Å²) >= 11 is 1.05. The number of thioether (sulfide) groups is 1. The molecule has 1 saturated heterocycles. The SMILES string of the molecule is COc1ccc(C=N/N=C2\NC(=O)C(CC(=O)O)S2)cc1OCc1ccccc1. The van der Waals surface area contributed by atoms with Crippen LogP contribution in [0, 0.1) is 0 Å². The average molecular weight is 413 g/mol. The molecular weight excluding hydrogens is 394 g/mol. The molecule has 1 aliphatic heterocycles. The van der Waals surface area contributed by atoms with Gasteiger partial charge in [0.15, 0.2) is 16.7 Å². The fourth-order valence-electron chi connectivity index (χ4n) is 2.51. The van der Waals surface area contributed by atoms with E-state index in [2.05, 4.69) is 15.5 Å². The third-order valence-corrected chi connectivity index (χ3v) is 4.99. The number of hydrogen-bond donors (Lipinski definition) is 2. The van der Waals surface area contributed by atoms with Crippen LogP contribution in [0.3, 0.4) is 0 Å². The van der Waals surface area contributed by atoms with Crippen LogP contribution in [0.25, 0.3) is 0 Å². The minimum absolute atomic E-state index is 0.264. The number of amides is 1. The molecule has 0 spiro atoms. The second kappa shape index (κ2) is 9.74. The Bertz CT molecular complexity index is 946. The molecule has 29 heavy (non-hydrogen) atoms. The summed E-state index contributed by atoms with van der Waals surface area (Å²) < 4.78 is 11.2.